The summed E-state index contributed by atoms with van der Waals surface area (Å²) in [4.78, 5) is 17.8. The van der Waals surface area contributed by atoms with E-state index in [0.717, 1.165) is 51.3 Å². The molecule has 1 unspecified atom stereocenters. The Balaban J connectivity index is 1.52. The third kappa shape index (κ3) is 11.1. The van der Waals surface area contributed by atoms with Gasteiger partial charge in [0, 0.05) is 39.3 Å². The number of likely N-dealkylation sites (tertiary alicyclic amines) is 1. The van der Waals surface area contributed by atoms with Crippen molar-refractivity contribution in [2.75, 3.05) is 53.0 Å². The van der Waals surface area contributed by atoms with Crippen LogP contribution in [0.5, 0.6) is 0 Å². The van der Waals surface area contributed by atoms with Gasteiger partial charge in [-0.05, 0) is 62.9 Å². The third-order valence-electron chi connectivity index (χ3n) is 6.94. The van der Waals surface area contributed by atoms with Crippen molar-refractivity contribution < 1.29 is 9.53 Å². The number of nitrogens with zero attached hydrogens (tertiary/aromatic N) is 2. The summed E-state index contributed by atoms with van der Waals surface area (Å²) in [6, 6.07) is 21.6. The number of benzene rings is 2. The van der Waals surface area contributed by atoms with Crippen LogP contribution in [-0.2, 0) is 16.1 Å². The highest BCUT2D eigenvalue weighted by Crippen LogP contribution is 2.13. The third-order valence-corrected chi connectivity index (χ3v) is 6.94. The first-order valence-corrected chi connectivity index (χ1v) is 13.7. The minimum atomic E-state index is 0.174. The molecule has 200 valence electrons. The van der Waals surface area contributed by atoms with Gasteiger partial charge < -0.3 is 15.0 Å². The Morgan fingerprint density at radius 3 is 2.54 bits per heavy atom. The SMILES string of the molecule is COC/C=C(\C)C(=O)CN(CCCN1CCCC(NCc2ccccc2)C1)C/C(C)=C/c1ccccc1. The molecule has 0 saturated carbocycles. The number of methoxy groups -OCH3 is 1. The minimum absolute atomic E-state index is 0.174. The lowest BCUT2D eigenvalue weighted by Gasteiger charge is -2.34. The Labute approximate surface area is 224 Å². The molecule has 1 N–H and O–H groups in total. The normalized spacial score (nSPS) is 17.4. The summed E-state index contributed by atoms with van der Waals surface area (Å²) in [5.41, 5.74) is 4.58. The molecular weight excluding hydrogens is 458 g/mol. The quantitative estimate of drug-likeness (QED) is 0.339. The van der Waals surface area contributed by atoms with Gasteiger partial charge >= 0.3 is 0 Å². The number of ketones is 1. The topological polar surface area (TPSA) is 44.8 Å². The predicted octanol–water partition coefficient (Wildman–Crippen LogP) is 5.20. The number of nitrogens with one attached hydrogen (secondary N) is 1. The molecule has 1 fully saturated rings. The Morgan fingerprint density at radius 2 is 1.81 bits per heavy atom. The van der Waals surface area contributed by atoms with E-state index in [1.165, 1.54) is 29.5 Å². The van der Waals surface area contributed by atoms with Crippen molar-refractivity contribution in [3.8, 4) is 0 Å². The standard InChI is InChI=1S/C32H45N3O2/c1-27(22-29-12-6-4-7-13-29)24-35(26-32(36)28(2)17-21-37-3)20-11-19-34-18-10-16-31(25-34)33-23-30-14-8-5-9-15-30/h4-9,12-15,17,22,31,33H,10-11,16,18-21,23-26H2,1-3H3/b27-22+,28-17+. The van der Waals surface area contributed by atoms with Crippen LogP contribution in [0.25, 0.3) is 6.08 Å². The van der Waals surface area contributed by atoms with Crippen molar-refractivity contribution in [2.24, 2.45) is 0 Å². The molecule has 2 aromatic rings. The van der Waals surface area contributed by atoms with E-state index < -0.39 is 0 Å². The van der Waals surface area contributed by atoms with Crippen LogP contribution in [0.2, 0.25) is 0 Å². The molecule has 1 heterocycles. The molecule has 0 radical (unpaired) electrons. The average Bonchev–Trinajstić information content (AvgIpc) is 2.91. The van der Waals surface area contributed by atoms with Gasteiger partial charge in [-0.2, -0.15) is 0 Å². The molecule has 0 amide bonds. The van der Waals surface area contributed by atoms with Crippen molar-refractivity contribution in [1.29, 1.82) is 0 Å². The van der Waals surface area contributed by atoms with Gasteiger partial charge in [-0.3, -0.25) is 9.69 Å². The highest BCUT2D eigenvalue weighted by atomic mass is 16.5. The molecule has 0 spiro atoms. The second kappa shape index (κ2) is 16.3. The average molecular weight is 504 g/mol. The Morgan fingerprint density at radius 1 is 1.08 bits per heavy atom. The zero-order chi connectivity index (χ0) is 26.3. The number of rotatable bonds is 15. The summed E-state index contributed by atoms with van der Waals surface area (Å²) >= 11 is 0. The van der Waals surface area contributed by atoms with Crippen LogP contribution in [0, 0.1) is 0 Å². The minimum Gasteiger partial charge on any atom is -0.381 e. The molecule has 3 rings (SSSR count). The number of hydrogen-bond donors (Lipinski definition) is 1. The van der Waals surface area contributed by atoms with Crippen LogP contribution in [0.15, 0.2) is 77.9 Å². The van der Waals surface area contributed by atoms with Crippen LogP contribution in [0.3, 0.4) is 0 Å². The summed E-state index contributed by atoms with van der Waals surface area (Å²) in [5, 5.41) is 3.75. The van der Waals surface area contributed by atoms with Crippen molar-refractivity contribution in [3.63, 3.8) is 0 Å². The molecular formula is C32H45N3O2. The van der Waals surface area contributed by atoms with Gasteiger partial charge in [0.15, 0.2) is 5.78 Å². The molecule has 5 heteroatoms. The van der Waals surface area contributed by atoms with Crippen LogP contribution in [0.4, 0.5) is 0 Å². The lowest BCUT2D eigenvalue weighted by atomic mass is 10.0. The zero-order valence-corrected chi connectivity index (χ0v) is 23.0. The van der Waals surface area contributed by atoms with Crippen LogP contribution in [0.1, 0.15) is 44.2 Å². The number of piperidine rings is 1. The Bertz CT molecular complexity index is 988. The van der Waals surface area contributed by atoms with E-state index in [0.29, 0.717) is 19.2 Å². The first-order valence-electron chi connectivity index (χ1n) is 13.7. The molecule has 0 bridgehead atoms. The Kier molecular flexibility index (Phi) is 12.8. The molecule has 1 aliphatic heterocycles. The first kappa shape index (κ1) is 29.0. The molecule has 1 atom stereocenters. The predicted molar refractivity (Wildman–Crippen MR) is 155 cm³/mol. The van der Waals surface area contributed by atoms with E-state index in [-0.39, 0.29) is 5.78 Å². The largest absolute Gasteiger partial charge is 0.381 e. The maximum atomic E-state index is 12.9. The first-order chi connectivity index (χ1) is 18.0. The van der Waals surface area contributed by atoms with E-state index in [4.69, 9.17) is 4.74 Å². The monoisotopic (exact) mass is 503 g/mol. The number of Topliss-reactive ketones (excluding diaryl/α,β-unsaturated/α-hetero) is 1. The summed E-state index contributed by atoms with van der Waals surface area (Å²) < 4.78 is 5.12. The van der Waals surface area contributed by atoms with E-state index in [2.05, 4.69) is 82.7 Å². The fraction of sp³-hybridized carbons (Fsp3) is 0.469. The van der Waals surface area contributed by atoms with Gasteiger partial charge in [0.05, 0.1) is 13.2 Å². The fourth-order valence-electron chi connectivity index (χ4n) is 4.90. The maximum absolute atomic E-state index is 12.9. The molecule has 37 heavy (non-hydrogen) atoms. The fourth-order valence-corrected chi connectivity index (χ4v) is 4.90. The zero-order valence-electron chi connectivity index (χ0n) is 23.0. The number of ether oxygens (including phenoxy) is 1. The molecule has 1 aliphatic rings. The summed E-state index contributed by atoms with van der Waals surface area (Å²) in [5.74, 6) is 0.174. The van der Waals surface area contributed by atoms with E-state index in [1.54, 1.807) is 7.11 Å². The van der Waals surface area contributed by atoms with Gasteiger partial charge in [-0.15, -0.1) is 0 Å². The molecule has 1 saturated heterocycles. The van der Waals surface area contributed by atoms with Crippen molar-refractivity contribution >= 4 is 11.9 Å². The Hall–Kier alpha value is -2.57. The van der Waals surface area contributed by atoms with Gasteiger partial charge in [0.2, 0.25) is 0 Å². The van der Waals surface area contributed by atoms with Gasteiger partial charge in [-0.25, -0.2) is 0 Å². The van der Waals surface area contributed by atoms with Gasteiger partial charge in [-0.1, -0.05) is 78.4 Å². The van der Waals surface area contributed by atoms with Crippen molar-refractivity contribution in [3.05, 3.63) is 89.0 Å². The molecule has 5 nitrogen and oxygen atoms in total. The van der Waals surface area contributed by atoms with Crippen LogP contribution < -0.4 is 5.32 Å². The highest BCUT2D eigenvalue weighted by Gasteiger charge is 2.20. The summed E-state index contributed by atoms with van der Waals surface area (Å²) in [7, 11) is 1.65. The summed E-state index contributed by atoms with van der Waals surface area (Å²) in [6.07, 6.45) is 7.62. The molecule has 2 aromatic carbocycles. The van der Waals surface area contributed by atoms with E-state index >= 15 is 0 Å². The second-order valence-corrected chi connectivity index (χ2v) is 10.2. The van der Waals surface area contributed by atoms with Crippen molar-refractivity contribution in [2.45, 2.75) is 45.7 Å². The smallest absolute Gasteiger partial charge is 0.172 e. The van der Waals surface area contributed by atoms with Gasteiger partial charge in [0.25, 0.3) is 0 Å². The maximum Gasteiger partial charge on any atom is 0.172 e. The lowest BCUT2D eigenvalue weighted by molar-refractivity contribution is -0.116. The lowest BCUT2D eigenvalue weighted by Crippen LogP contribution is -2.46. The van der Waals surface area contributed by atoms with Gasteiger partial charge in [0.1, 0.15) is 0 Å². The van der Waals surface area contributed by atoms with Crippen LogP contribution >= 0.6 is 0 Å². The molecule has 0 aromatic heterocycles. The van der Waals surface area contributed by atoms with E-state index in [1.807, 2.05) is 19.1 Å². The van der Waals surface area contributed by atoms with E-state index in [9.17, 15) is 4.79 Å². The highest BCUT2D eigenvalue weighted by molar-refractivity contribution is 5.96. The molecule has 0 aliphatic carbocycles. The van der Waals surface area contributed by atoms with Crippen molar-refractivity contribution in [1.82, 2.24) is 15.1 Å². The number of hydrogen-bond acceptors (Lipinski definition) is 5. The summed E-state index contributed by atoms with van der Waals surface area (Å²) in [6.45, 7) is 10.9. The van der Waals surface area contributed by atoms with Crippen LogP contribution in [-0.4, -0.2) is 74.6 Å². The second-order valence-electron chi connectivity index (χ2n) is 10.2. The number of carbonyl (C=O) groups is 1. The number of carbonyl (C=O) groups excluding carboxylic acids is 1.